The zero-order chi connectivity index (χ0) is 14.9. The van der Waals surface area contributed by atoms with Crippen molar-refractivity contribution in [3.63, 3.8) is 0 Å². The van der Waals surface area contributed by atoms with E-state index in [-0.39, 0.29) is 22.3 Å². The lowest BCUT2D eigenvalue weighted by atomic mass is 10.2. The third-order valence-electron chi connectivity index (χ3n) is 2.85. The van der Waals surface area contributed by atoms with Gasteiger partial charge >= 0.3 is 12.1 Å². The molecule has 0 bridgehead atoms. The van der Waals surface area contributed by atoms with E-state index in [2.05, 4.69) is 9.97 Å². The van der Waals surface area contributed by atoms with Crippen molar-refractivity contribution in [2.75, 3.05) is 5.75 Å². The molecule has 1 fully saturated rings. The summed E-state index contributed by atoms with van der Waals surface area (Å²) in [6.45, 7) is 1.55. The van der Waals surface area contributed by atoms with Gasteiger partial charge in [-0.15, -0.1) is 11.8 Å². The highest BCUT2D eigenvalue weighted by molar-refractivity contribution is 7.99. The second-order valence-electron chi connectivity index (χ2n) is 4.64. The second-order valence-corrected chi connectivity index (χ2v) is 5.72. The SMILES string of the molecule is Cc1nc(C2CC2)nc(SCCC(F)(F)F)c1C(=O)O. The van der Waals surface area contributed by atoms with Gasteiger partial charge < -0.3 is 5.11 Å². The third-order valence-corrected chi connectivity index (χ3v) is 3.83. The molecule has 0 radical (unpaired) electrons. The molecule has 0 aliphatic heterocycles. The normalized spacial score (nSPS) is 15.4. The van der Waals surface area contributed by atoms with Gasteiger partial charge in [-0.25, -0.2) is 14.8 Å². The van der Waals surface area contributed by atoms with Gasteiger partial charge in [-0.1, -0.05) is 0 Å². The number of rotatable bonds is 5. The van der Waals surface area contributed by atoms with Crippen molar-refractivity contribution in [2.24, 2.45) is 0 Å². The zero-order valence-corrected chi connectivity index (χ0v) is 11.5. The van der Waals surface area contributed by atoms with Crippen molar-refractivity contribution >= 4 is 17.7 Å². The van der Waals surface area contributed by atoms with Crippen LogP contribution in [0.2, 0.25) is 0 Å². The van der Waals surface area contributed by atoms with Gasteiger partial charge in [0.2, 0.25) is 0 Å². The summed E-state index contributed by atoms with van der Waals surface area (Å²) in [5.74, 6) is -0.690. The topological polar surface area (TPSA) is 63.1 Å². The van der Waals surface area contributed by atoms with Crippen molar-refractivity contribution < 1.29 is 23.1 Å². The standard InChI is InChI=1S/C12H13F3N2O2S/c1-6-8(11(18)19)10(20-5-4-12(13,14)15)17-9(16-6)7-2-3-7/h7H,2-5H2,1H3,(H,18,19). The van der Waals surface area contributed by atoms with E-state index in [4.69, 9.17) is 5.11 Å². The molecule has 1 heterocycles. The average molecular weight is 306 g/mol. The van der Waals surface area contributed by atoms with Crippen LogP contribution in [0.15, 0.2) is 5.03 Å². The van der Waals surface area contributed by atoms with E-state index in [1.54, 1.807) is 6.92 Å². The molecule has 0 spiro atoms. The van der Waals surface area contributed by atoms with Gasteiger partial charge in [-0.3, -0.25) is 0 Å². The van der Waals surface area contributed by atoms with Crippen LogP contribution < -0.4 is 0 Å². The van der Waals surface area contributed by atoms with Crippen LogP contribution in [0.1, 0.15) is 47.1 Å². The van der Waals surface area contributed by atoms with E-state index < -0.39 is 18.6 Å². The Labute approximate surface area is 117 Å². The van der Waals surface area contributed by atoms with Crippen molar-refractivity contribution in [3.05, 3.63) is 17.1 Å². The third kappa shape index (κ3) is 3.84. The Kier molecular flexibility index (Phi) is 4.22. The van der Waals surface area contributed by atoms with Crippen LogP contribution in [-0.4, -0.2) is 33.0 Å². The monoisotopic (exact) mass is 306 g/mol. The number of aryl methyl sites for hydroxylation is 1. The van der Waals surface area contributed by atoms with E-state index in [1.807, 2.05) is 0 Å². The van der Waals surface area contributed by atoms with Crippen LogP contribution in [0.4, 0.5) is 13.2 Å². The number of alkyl halides is 3. The van der Waals surface area contributed by atoms with E-state index in [0.29, 0.717) is 11.5 Å². The summed E-state index contributed by atoms with van der Waals surface area (Å²) in [6, 6.07) is 0. The Morgan fingerprint density at radius 1 is 1.40 bits per heavy atom. The molecule has 1 aliphatic rings. The minimum Gasteiger partial charge on any atom is -0.478 e. The maximum Gasteiger partial charge on any atom is 0.389 e. The second kappa shape index (κ2) is 5.59. The molecule has 1 N–H and O–H groups in total. The van der Waals surface area contributed by atoms with Crippen LogP contribution >= 0.6 is 11.8 Å². The van der Waals surface area contributed by atoms with Gasteiger partial charge in [-0.05, 0) is 19.8 Å². The first-order chi connectivity index (χ1) is 9.28. The summed E-state index contributed by atoms with van der Waals surface area (Å²) in [4.78, 5) is 19.5. The number of thioether (sulfide) groups is 1. The molecule has 1 aliphatic carbocycles. The molecule has 0 amide bonds. The maximum atomic E-state index is 12.2. The van der Waals surface area contributed by atoms with E-state index in [0.717, 1.165) is 24.6 Å². The highest BCUT2D eigenvalue weighted by atomic mass is 32.2. The highest BCUT2D eigenvalue weighted by Gasteiger charge is 2.30. The van der Waals surface area contributed by atoms with Crippen molar-refractivity contribution in [2.45, 2.75) is 43.3 Å². The predicted octanol–water partition coefficient (Wildman–Crippen LogP) is 3.41. The van der Waals surface area contributed by atoms with Gasteiger partial charge in [0.25, 0.3) is 0 Å². The molecule has 1 aromatic rings. The molecule has 0 aromatic carbocycles. The molecule has 0 saturated heterocycles. The molecular weight excluding hydrogens is 293 g/mol. The van der Waals surface area contributed by atoms with Crippen LogP contribution in [0.5, 0.6) is 0 Å². The Morgan fingerprint density at radius 3 is 2.55 bits per heavy atom. The Hall–Kier alpha value is -1.31. The Bertz CT molecular complexity index is 530. The number of nitrogens with zero attached hydrogens (tertiary/aromatic N) is 2. The van der Waals surface area contributed by atoms with Crippen molar-refractivity contribution in [1.29, 1.82) is 0 Å². The van der Waals surface area contributed by atoms with Gasteiger partial charge in [0.1, 0.15) is 16.4 Å². The number of carboxylic acids is 1. The molecule has 0 atom stereocenters. The molecule has 0 unspecified atom stereocenters. The fourth-order valence-corrected chi connectivity index (χ4v) is 2.77. The van der Waals surface area contributed by atoms with Crippen LogP contribution in [0.3, 0.4) is 0 Å². The number of halogens is 3. The number of hydrogen-bond acceptors (Lipinski definition) is 4. The number of hydrogen-bond donors (Lipinski definition) is 1. The number of carbonyl (C=O) groups is 1. The molecule has 2 rings (SSSR count). The number of aromatic carboxylic acids is 1. The van der Waals surface area contributed by atoms with E-state index in [1.165, 1.54) is 0 Å². The zero-order valence-electron chi connectivity index (χ0n) is 10.7. The summed E-state index contributed by atoms with van der Waals surface area (Å²) in [5, 5.41) is 9.27. The quantitative estimate of drug-likeness (QED) is 0.667. The van der Waals surface area contributed by atoms with Gasteiger partial charge in [-0.2, -0.15) is 13.2 Å². The van der Waals surface area contributed by atoms with Gasteiger partial charge in [0, 0.05) is 11.7 Å². The molecule has 4 nitrogen and oxygen atoms in total. The molecule has 1 aromatic heterocycles. The predicted molar refractivity (Wildman–Crippen MR) is 67.1 cm³/mol. The minimum absolute atomic E-state index is 0.0958. The number of carboxylic acid groups (broad SMARTS) is 1. The van der Waals surface area contributed by atoms with Crippen molar-refractivity contribution in [1.82, 2.24) is 9.97 Å². The largest absolute Gasteiger partial charge is 0.478 e. The maximum absolute atomic E-state index is 12.2. The van der Waals surface area contributed by atoms with Crippen LogP contribution in [0.25, 0.3) is 0 Å². The summed E-state index contributed by atoms with van der Waals surface area (Å²) in [6.07, 6.45) is -3.34. The summed E-state index contributed by atoms with van der Waals surface area (Å²) in [7, 11) is 0. The van der Waals surface area contributed by atoms with Crippen LogP contribution in [-0.2, 0) is 0 Å². The summed E-state index contributed by atoms with van der Waals surface area (Å²) >= 11 is 0.824. The summed E-state index contributed by atoms with van der Waals surface area (Å²) < 4.78 is 36.5. The minimum atomic E-state index is -4.25. The molecule has 20 heavy (non-hydrogen) atoms. The Balaban J connectivity index is 2.21. The Morgan fingerprint density at radius 2 is 2.05 bits per heavy atom. The lowest BCUT2D eigenvalue weighted by Gasteiger charge is -2.10. The van der Waals surface area contributed by atoms with Crippen LogP contribution in [0, 0.1) is 6.92 Å². The first-order valence-electron chi connectivity index (χ1n) is 6.09. The smallest absolute Gasteiger partial charge is 0.389 e. The van der Waals surface area contributed by atoms with E-state index in [9.17, 15) is 18.0 Å². The summed E-state index contributed by atoms with van der Waals surface area (Å²) in [5.41, 5.74) is 0.213. The highest BCUT2D eigenvalue weighted by Crippen LogP contribution is 2.39. The van der Waals surface area contributed by atoms with Gasteiger partial charge in [0.05, 0.1) is 12.1 Å². The molecular formula is C12H13F3N2O2S. The molecule has 1 saturated carbocycles. The average Bonchev–Trinajstić information content (AvgIpc) is 3.09. The first kappa shape index (κ1) is 15.1. The lowest BCUT2D eigenvalue weighted by molar-refractivity contribution is -0.129. The van der Waals surface area contributed by atoms with E-state index >= 15 is 0 Å². The number of aromatic nitrogens is 2. The molecule has 110 valence electrons. The first-order valence-corrected chi connectivity index (χ1v) is 7.08. The molecule has 8 heteroatoms. The lowest BCUT2D eigenvalue weighted by Crippen LogP contribution is -2.11. The fourth-order valence-electron chi connectivity index (χ4n) is 1.71. The fraction of sp³-hybridized carbons (Fsp3) is 0.583. The van der Waals surface area contributed by atoms with Crippen molar-refractivity contribution in [3.8, 4) is 0 Å². The van der Waals surface area contributed by atoms with Gasteiger partial charge in [0.15, 0.2) is 0 Å².